The summed E-state index contributed by atoms with van der Waals surface area (Å²) in [6, 6.07) is 4.47. The number of benzene rings is 1. The minimum absolute atomic E-state index is 0.137. The van der Waals surface area contributed by atoms with E-state index in [0.29, 0.717) is 5.57 Å². The van der Waals surface area contributed by atoms with Gasteiger partial charge in [-0.05, 0) is 12.1 Å². The topological polar surface area (TPSA) is 194 Å². The second-order valence-corrected chi connectivity index (χ2v) is 9.86. The van der Waals surface area contributed by atoms with E-state index >= 15 is 0 Å². The third-order valence-electron chi connectivity index (χ3n) is 5.15. The first-order valence-corrected chi connectivity index (χ1v) is 12.9. The Kier molecular flexibility index (Phi) is 9.76. The average Bonchev–Trinajstić information content (AvgIpc) is 3.33. The molecular weight excluding hydrogens is 602 g/mol. The quantitative estimate of drug-likeness (QED) is 0.145. The van der Waals surface area contributed by atoms with Crippen LogP contribution in [-0.2, 0) is 24.0 Å². The van der Waals surface area contributed by atoms with Crippen molar-refractivity contribution in [3.8, 4) is 5.75 Å². The lowest BCUT2D eigenvalue weighted by Crippen LogP contribution is -2.71. The number of carboxylic acid groups (broad SMARTS) is 2. The van der Waals surface area contributed by atoms with Crippen molar-refractivity contribution in [1.82, 2.24) is 15.2 Å². The van der Waals surface area contributed by atoms with Gasteiger partial charge in [-0.1, -0.05) is 11.2 Å². The van der Waals surface area contributed by atoms with Crippen molar-refractivity contribution in [3.05, 3.63) is 52.4 Å². The number of β-lactam (4-membered cyclic amide) rings is 1. The van der Waals surface area contributed by atoms with Gasteiger partial charge < -0.3 is 30.8 Å². The first-order chi connectivity index (χ1) is 19.2. The van der Waals surface area contributed by atoms with E-state index in [2.05, 4.69) is 15.5 Å². The number of aliphatic carboxylic acids is 2. The number of nitrogens with one attached hydrogen (secondary N) is 1. The number of anilines is 1. The lowest BCUT2D eigenvalue weighted by Gasteiger charge is -2.49. The monoisotopic (exact) mass is 621 g/mol. The molecule has 2 amide bonds. The summed E-state index contributed by atoms with van der Waals surface area (Å²) in [5.74, 6) is -5.39. The molecule has 0 saturated carbocycles. The summed E-state index contributed by atoms with van der Waals surface area (Å²) in [5, 5.41) is 24.2. The highest BCUT2D eigenvalue weighted by atomic mass is 32.2. The highest BCUT2D eigenvalue weighted by molar-refractivity contribution is 8.00. The molecule has 41 heavy (non-hydrogen) atoms. The molecule has 1 aromatic heterocycles. The molecule has 1 aromatic carbocycles. The molecule has 0 spiro atoms. The number of nitrogen functional groups attached to an aromatic ring is 1. The lowest BCUT2D eigenvalue weighted by molar-refractivity contribution is -0.192. The summed E-state index contributed by atoms with van der Waals surface area (Å²) >= 11 is 2.38. The van der Waals surface area contributed by atoms with Crippen molar-refractivity contribution in [2.45, 2.75) is 17.6 Å². The zero-order chi connectivity index (χ0) is 30.5. The molecule has 0 aliphatic carbocycles. The number of fused-ring (bicyclic) bond motifs is 1. The maximum atomic E-state index is 13.4. The average molecular weight is 622 g/mol. The number of thioether (sulfide) groups is 1. The highest BCUT2D eigenvalue weighted by Gasteiger charge is 2.54. The first kappa shape index (κ1) is 31.1. The van der Waals surface area contributed by atoms with Crippen LogP contribution in [0.3, 0.4) is 0 Å². The Morgan fingerprint density at radius 2 is 1.98 bits per heavy atom. The third-order valence-corrected chi connectivity index (χ3v) is 7.16. The van der Waals surface area contributed by atoms with Gasteiger partial charge >= 0.3 is 18.1 Å². The van der Waals surface area contributed by atoms with Gasteiger partial charge in [0, 0.05) is 22.8 Å². The number of thiazole rings is 1. The van der Waals surface area contributed by atoms with Gasteiger partial charge in [-0.25, -0.2) is 19.0 Å². The predicted octanol–water partition coefficient (Wildman–Crippen LogP) is 1.67. The molecular formula is C22H19F4N5O8S2. The van der Waals surface area contributed by atoms with Gasteiger partial charge in [-0.2, -0.15) is 13.2 Å². The SMILES string of the molecule is CON=C(C(=O)NC1C(=O)N2C(C(=O)O)=C(COc3cccc(F)c3)CS[C@@H]12)c1csc(N)n1.O=C(O)C(F)(F)F. The number of oxime groups is 1. The number of hydrogen-bond donors (Lipinski definition) is 4. The minimum Gasteiger partial charge on any atom is -0.489 e. The molecule has 1 fully saturated rings. The standard InChI is InChI=1S/C20H18FN5O6S2.C2HF3O2/c1-31-25-13(12-8-34-20(22)23-12)16(27)24-14-17(28)26-15(19(29)30)9(7-33-18(14)26)6-32-11-4-2-3-10(21)5-11;3-2(4,5)1(6)7/h2-5,8,14,18H,6-7H2,1H3,(H2,22,23)(H,24,27)(H,29,30);(H,6,7)/t14?,18-;/m0./s1. The molecule has 2 aliphatic rings. The number of amides is 2. The Bertz CT molecular complexity index is 1410. The van der Waals surface area contributed by atoms with Crippen LogP contribution in [0.4, 0.5) is 22.7 Å². The highest BCUT2D eigenvalue weighted by Crippen LogP contribution is 2.40. The van der Waals surface area contributed by atoms with Gasteiger partial charge in [0.15, 0.2) is 10.8 Å². The summed E-state index contributed by atoms with van der Waals surface area (Å²) < 4.78 is 50.6. The minimum atomic E-state index is -5.08. The molecule has 0 bridgehead atoms. The van der Waals surface area contributed by atoms with Crippen molar-refractivity contribution >= 4 is 57.7 Å². The number of aromatic nitrogens is 1. The summed E-state index contributed by atoms with van der Waals surface area (Å²) in [6.07, 6.45) is -5.08. The molecule has 2 aliphatic heterocycles. The number of halogens is 4. The first-order valence-electron chi connectivity index (χ1n) is 11.0. The summed E-state index contributed by atoms with van der Waals surface area (Å²) in [5.41, 5.74) is 5.77. The third kappa shape index (κ3) is 7.42. The van der Waals surface area contributed by atoms with Crippen LogP contribution in [0.25, 0.3) is 0 Å². The van der Waals surface area contributed by atoms with Gasteiger partial charge in [-0.15, -0.1) is 23.1 Å². The lowest BCUT2D eigenvalue weighted by atomic mass is 10.0. The van der Waals surface area contributed by atoms with Crippen molar-refractivity contribution in [2.24, 2.45) is 5.16 Å². The van der Waals surface area contributed by atoms with E-state index in [1.54, 1.807) is 0 Å². The molecule has 1 unspecified atom stereocenters. The molecule has 2 aromatic rings. The second kappa shape index (κ2) is 12.9. The van der Waals surface area contributed by atoms with Crippen LogP contribution < -0.4 is 15.8 Å². The van der Waals surface area contributed by atoms with Gasteiger partial charge in [-0.3, -0.25) is 14.5 Å². The molecule has 0 radical (unpaired) electrons. The molecule has 1 saturated heterocycles. The summed E-state index contributed by atoms with van der Waals surface area (Å²) in [4.78, 5) is 56.3. The van der Waals surface area contributed by atoms with Crippen LogP contribution in [0.2, 0.25) is 0 Å². The van der Waals surface area contributed by atoms with E-state index in [4.69, 9.17) is 25.2 Å². The fraction of sp³-hybridized carbons (Fsp3) is 0.273. The zero-order valence-corrected chi connectivity index (χ0v) is 22.2. The van der Waals surface area contributed by atoms with Gasteiger partial charge in [0.1, 0.15) is 48.1 Å². The smallest absolute Gasteiger partial charge is 0.489 e. The Morgan fingerprint density at radius 1 is 1.29 bits per heavy atom. The van der Waals surface area contributed by atoms with Gasteiger partial charge in [0.25, 0.3) is 11.8 Å². The van der Waals surface area contributed by atoms with Crippen LogP contribution in [0.5, 0.6) is 5.75 Å². The van der Waals surface area contributed by atoms with Crippen molar-refractivity contribution in [1.29, 1.82) is 0 Å². The molecule has 220 valence electrons. The maximum Gasteiger partial charge on any atom is 0.490 e. The van der Waals surface area contributed by atoms with Crippen LogP contribution in [0.1, 0.15) is 5.69 Å². The molecule has 19 heteroatoms. The van der Waals surface area contributed by atoms with E-state index in [1.165, 1.54) is 48.5 Å². The predicted molar refractivity (Wildman–Crippen MR) is 135 cm³/mol. The number of ether oxygens (including phenoxy) is 1. The molecule has 5 N–H and O–H groups in total. The fourth-order valence-corrected chi connectivity index (χ4v) is 5.30. The van der Waals surface area contributed by atoms with Gasteiger partial charge in [0.2, 0.25) is 0 Å². The zero-order valence-electron chi connectivity index (χ0n) is 20.5. The van der Waals surface area contributed by atoms with Crippen LogP contribution in [0.15, 0.2) is 46.1 Å². The maximum absolute atomic E-state index is 13.4. The molecule has 4 rings (SSSR count). The van der Waals surface area contributed by atoms with Crippen molar-refractivity contribution in [3.63, 3.8) is 0 Å². The number of carbonyl (C=O) groups excluding carboxylic acids is 2. The Labute approximate surface area is 235 Å². The summed E-state index contributed by atoms with van der Waals surface area (Å²) in [7, 11) is 1.26. The molecule has 2 atom stereocenters. The number of hydrogen-bond acceptors (Lipinski definition) is 11. The van der Waals surface area contributed by atoms with Crippen molar-refractivity contribution < 1.29 is 56.5 Å². The number of nitrogens with zero attached hydrogens (tertiary/aromatic N) is 3. The fourth-order valence-electron chi connectivity index (χ4n) is 3.42. The number of alkyl halides is 3. The Hall–Kier alpha value is -4.39. The second-order valence-electron chi connectivity index (χ2n) is 7.86. The molecule has 3 heterocycles. The van der Waals surface area contributed by atoms with Gasteiger partial charge in [0.05, 0.1) is 0 Å². The number of nitrogens with two attached hydrogens (primary N) is 1. The largest absolute Gasteiger partial charge is 0.490 e. The normalized spacial score (nSPS) is 18.4. The Balaban J connectivity index is 0.000000587. The summed E-state index contributed by atoms with van der Waals surface area (Å²) in [6.45, 7) is -0.137. The number of carbonyl (C=O) groups is 4. The Morgan fingerprint density at radius 3 is 2.51 bits per heavy atom. The van der Waals surface area contributed by atoms with E-state index in [-0.39, 0.29) is 40.3 Å². The van der Waals surface area contributed by atoms with Crippen LogP contribution in [-0.4, -0.2) is 86.6 Å². The van der Waals surface area contributed by atoms with E-state index in [1.807, 2.05) is 0 Å². The number of rotatable bonds is 8. The van der Waals surface area contributed by atoms with E-state index in [0.717, 1.165) is 16.2 Å². The van der Waals surface area contributed by atoms with Crippen molar-refractivity contribution in [2.75, 3.05) is 25.2 Å². The van der Waals surface area contributed by atoms with Crippen LogP contribution in [0, 0.1) is 5.82 Å². The van der Waals surface area contributed by atoms with Crippen LogP contribution >= 0.6 is 23.1 Å². The number of carboxylic acids is 2. The molecule has 13 nitrogen and oxygen atoms in total. The van der Waals surface area contributed by atoms with E-state index in [9.17, 15) is 37.1 Å². The van der Waals surface area contributed by atoms with E-state index < -0.39 is 47.2 Å².